The third-order valence-electron chi connectivity index (χ3n) is 2.43. The fraction of sp³-hybridized carbons (Fsp3) is 0.636. The van der Waals surface area contributed by atoms with Crippen LogP contribution in [0.5, 0.6) is 0 Å². The summed E-state index contributed by atoms with van der Waals surface area (Å²) >= 11 is 0. The molecule has 1 atom stereocenters. The smallest absolute Gasteiger partial charge is 0.303 e. The molecule has 0 saturated carbocycles. The molecule has 5 heteroatoms. The first-order valence-electron chi connectivity index (χ1n) is 5.62. The van der Waals surface area contributed by atoms with Crippen molar-refractivity contribution >= 4 is 5.97 Å². The number of nitrogens with one attached hydrogen (secondary N) is 2. The molecule has 0 bridgehead atoms. The number of hydrogen-bond acceptors (Lipinski definition) is 3. The van der Waals surface area contributed by atoms with Crippen molar-refractivity contribution in [1.29, 1.82) is 0 Å². The van der Waals surface area contributed by atoms with Gasteiger partial charge in [-0.2, -0.15) is 0 Å². The second kappa shape index (κ2) is 7.00. The number of hydrogen-bond donors (Lipinski definition) is 3. The molecule has 1 unspecified atom stereocenters. The van der Waals surface area contributed by atoms with Gasteiger partial charge in [-0.3, -0.25) is 4.79 Å². The lowest BCUT2D eigenvalue weighted by atomic mass is 10.2. The number of carboxylic acid groups (broad SMARTS) is 1. The van der Waals surface area contributed by atoms with Crippen LogP contribution in [-0.2, 0) is 11.2 Å². The Hall–Kier alpha value is -1.36. The molecular formula is C11H19N3O2. The van der Waals surface area contributed by atoms with E-state index in [4.69, 9.17) is 5.11 Å². The van der Waals surface area contributed by atoms with Crippen molar-refractivity contribution in [1.82, 2.24) is 15.3 Å². The molecule has 0 aliphatic heterocycles. The molecule has 3 N–H and O–H groups in total. The molecule has 1 aromatic rings. The van der Waals surface area contributed by atoms with Gasteiger partial charge in [0.15, 0.2) is 0 Å². The molecule has 0 aromatic carbocycles. The molecule has 16 heavy (non-hydrogen) atoms. The van der Waals surface area contributed by atoms with Gasteiger partial charge in [0, 0.05) is 31.3 Å². The van der Waals surface area contributed by atoms with Crippen LogP contribution in [0.3, 0.4) is 0 Å². The normalized spacial score (nSPS) is 12.6. The SMILES string of the molecule is CC(CCC(=O)O)NCCCc1ncc[nH]1. The molecule has 90 valence electrons. The third-order valence-corrected chi connectivity index (χ3v) is 2.43. The Labute approximate surface area is 95.3 Å². The minimum Gasteiger partial charge on any atom is -0.481 e. The van der Waals surface area contributed by atoms with E-state index in [1.165, 1.54) is 0 Å². The van der Waals surface area contributed by atoms with Crippen molar-refractivity contribution in [2.24, 2.45) is 0 Å². The highest BCUT2D eigenvalue weighted by atomic mass is 16.4. The summed E-state index contributed by atoms with van der Waals surface area (Å²) in [6.45, 7) is 2.90. The summed E-state index contributed by atoms with van der Waals surface area (Å²) < 4.78 is 0. The van der Waals surface area contributed by atoms with Crippen molar-refractivity contribution < 1.29 is 9.90 Å². The zero-order valence-corrected chi connectivity index (χ0v) is 9.57. The molecule has 5 nitrogen and oxygen atoms in total. The number of aliphatic carboxylic acids is 1. The van der Waals surface area contributed by atoms with Crippen molar-refractivity contribution in [3.8, 4) is 0 Å². The quantitative estimate of drug-likeness (QED) is 0.581. The Morgan fingerprint density at radius 1 is 1.69 bits per heavy atom. The molecule has 0 radical (unpaired) electrons. The summed E-state index contributed by atoms with van der Waals surface area (Å²) in [5.74, 6) is 0.268. The molecule has 0 amide bonds. The molecular weight excluding hydrogens is 206 g/mol. The lowest BCUT2D eigenvalue weighted by Gasteiger charge is -2.11. The Morgan fingerprint density at radius 3 is 3.12 bits per heavy atom. The first-order chi connectivity index (χ1) is 7.68. The largest absolute Gasteiger partial charge is 0.481 e. The van der Waals surface area contributed by atoms with Gasteiger partial charge >= 0.3 is 5.97 Å². The summed E-state index contributed by atoms with van der Waals surface area (Å²) in [4.78, 5) is 17.5. The molecule has 0 spiro atoms. The second-order valence-electron chi connectivity index (χ2n) is 3.93. The summed E-state index contributed by atoms with van der Waals surface area (Å²) in [5.41, 5.74) is 0. The lowest BCUT2D eigenvalue weighted by molar-refractivity contribution is -0.137. The van der Waals surface area contributed by atoms with Gasteiger partial charge in [-0.1, -0.05) is 0 Å². The lowest BCUT2D eigenvalue weighted by Crippen LogP contribution is -2.27. The van der Waals surface area contributed by atoms with Gasteiger partial charge in [-0.05, 0) is 26.3 Å². The van der Waals surface area contributed by atoms with Gasteiger partial charge in [0.05, 0.1) is 0 Å². The zero-order valence-electron chi connectivity index (χ0n) is 9.57. The molecule has 0 saturated heterocycles. The van der Waals surface area contributed by atoms with E-state index in [0.29, 0.717) is 6.42 Å². The predicted octanol–water partition coefficient (Wildman–Crippen LogP) is 1.19. The van der Waals surface area contributed by atoms with E-state index in [-0.39, 0.29) is 12.5 Å². The molecule has 1 heterocycles. The maximum absolute atomic E-state index is 10.3. The Morgan fingerprint density at radius 2 is 2.50 bits per heavy atom. The van der Waals surface area contributed by atoms with Crippen LogP contribution < -0.4 is 5.32 Å². The Bertz CT molecular complexity index is 298. The minimum atomic E-state index is -0.732. The third kappa shape index (κ3) is 5.50. The average molecular weight is 225 g/mol. The van der Waals surface area contributed by atoms with Crippen molar-refractivity contribution in [3.63, 3.8) is 0 Å². The highest BCUT2D eigenvalue weighted by Gasteiger charge is 2.04. The first-order valence-corrected chi connectivity index (χ1v) is 5.62. The van der Waals surface area contributed by atoms with Crippen LogP contribution in [-0.4, -0.2) is 33.6 Å². The summed E-state index contributed by atoms with van der Waals surface area (Å²) in [6.07, 6.45) is 6.40. The standard InChI is InChI=1S/C11H19N3O2/c1-9(4-5-11(15)16)12-6-2-3-10-13-7-8-14-10/h7-9,12H,2-6H2,1H3,(H,13,14)(H,15,16). The first kappa shape index (κ1) is 12.7. The highest BCUT2D eigenvalue weighted by molar-refractivity contribution is 5.66. The van der Waals surface area contributed by atoms with Crippen LogP contribution in [0.15, 0.2) is 12.4 Å². The summed E-state index contributed by atoms with van der Waals surface area (Å²) in [7, 11) is 0. The number of aromatic nitrogens is 2. The van der Waals surface area contributed by atoms with Crippen molar-refractivity contribution in [2.75, 3.05) is 6.54 Å². The van der Waals surface area contributed by atoms with Gasteiger partial charge < -0.3 is 15.4 Å². The Kier molecular flexibility index (Phi) is 5.56. The van der Waals surface area contributed by atoms with E-state index < -0.39 is 5.97 Å². The van der Waals surface area contributed by atoms with Crippen LogP contribution in [0.25, 0.3) is 0 Å². The van der Waals surface area contributed by atoms with Gasteiger partial charge in [-0.25, -0.2) is 4.98 Å². The molecule has 1 aromatic heterocycles. The number of nitrogens with zero attached hydrogens (tertiary/aromatic N) is 1. The number of H-pyrrole nitrogens is 1. The van der Waals surface area contributed by atoms with Crippen LogP contribution >= 0.6 is 0 Å². The number of carbonyl (C=O) groups is 1. The van der Waals surface area contributed by atoms with Crippen molar-refractivity contribution in [2.45, 2.75) is 38.6 Å². The monoisotopic (exact) mass is 225 g/mol. The topological polar surface area (TPSA) is 78.0 Å². The highest BCUT2D eigenvalue weighted by Crippen LogP contribution is 1.98. The van der Waals surface area contributed by atoms with Gasteiger partial charge in [-0.15, -0.1) is 0 Å². The van der Waals surface area contributed by atoms with E-state index in [1.54, 1.807) is 6.20 Å². The van der Waals surface area contributed by atoms with Crippen LogP contribution in [0, 0.1) is 0 Å². The van der Waals surface area contributed by atoms with E-state index in [9.17, 15) is 4.79 Å². The number of carboxylic acids is 1. The summed E-state index contributed by atoms with van der Waals surface area (Å²) in [6, 6.07) is 0.257. The van der Waals surface area contributed by atoms with Crippen LogP contribution in [0.4, 0.5) is 0 Å². The molecule has 0 fully saturated rings. The molecule has 0 aliphatic carbocycles. The molecule has 1 rings (SSSR count). The zero-order chi connectivity index (χ0) is 11.8. The van der Waals surface area contributed by atoms with Gasteiger partial charge in [0.2, 0.25) is 0 Å². The number of aryl methyl sites for hydroxylation is 1. The van der Waals surface area contributed by atoms with Gasteiger partial charge in [0.1, 0.15) is 5.82 Å². The Balaban J connectivity index is 2.00. The van der Waals surface area contributed by atoms with E-state index in [1.807, 2.05) is 13.1 Å². The molecule has 0 aliphatic rings. The predicted molar refractivity (Wildman–Crippen MR) is 61.2 cm³/mol. The van der Waals surface area contributed by atoms with E-state index in [2.05, 4.69) is 15.3 Å². The van der Waals surface area contributed by atoms with E-state index >= 15 is 0 Å². The second-order valence-corrected chi connectivity index (χ2v) is 3.93. The fourth-order valence-electron chi connectivity index (χ4n) is 1.48. The number of imidazole rings is 1. The average Bonchev–Trinajstić information content (AvgIpc) is 2.74. The summed E-state index contributed by atoms with van der Waals surface area (Å²) in [5, 5.41) is 11.8. The van der Waals surface area contributed by atoms with Crippen molar-refractivity contribution in [3.05, 3.63) is 18.2 Å². The minimum absolute atomic E-state index is 0.229. The maximum atomic E-state index is 10.3. The van der Waals surface area contributed by atoms with Crippen LogP contribution in [0.1, 0.15) is 32.0 Å². The number of rotatable bonds is 8. The number of aromatic amines is 1. The van der Waals surface area contributed by atoms with E-state index in [0.717, 1.165) is 25.2 Å². The fourth-order valence-corrected chi connectivity index (χ4v) is 1.48. The van der Waals surface area contributed by atoms with Crippen LogP contribution in [0.2, 0.25) is 0 Å². The maximum Gasteiger partial charge on any atom is 0.303 e. The van der Waals surface area contributed by atoms with Gasteiger partial charge in [0.25, 0.3) is 0 Å².